The van der Waals surface area contributed by atoms with E-state index in [1.54, 1.807) is 31.4 Å². The van der Waals surface area contributed by atoms with Crippen LogP contribution in [0.25, 0.3) is 22.1 Å². The Morgan fingerprint density at radius 2 is 1.67 bits per heavy atom. The summed E-state index contributed by atoms with van der Waals surface area (Å²) in [6.07, 6.45) is 1.36. The molecular weight excluding hydrogens is 352 g/mol. The van der Waals surface area contributed by atoms with Crippen LogP contribution in [0.1, 0.15) is 6.92 Å². The number of ether oxygens (including phenoxy) is 4. The van der Waals surface area contributed by atoms with Gasteiger partial charge in [0.25, 0.3) is 0 Å². The van der Waals surface area contributed by atoms with Crippen molar-refractivity contribution in [1.82, 2.24) is 0 Å². The molecule has 0 unspecified atom stereocenters. The maximum absolute atomic E-state index is 13.2. The molecule has 0 saturated carbocycles. The van der Waals surface area contributed by atoms with Crippen molar-refractivity contribution in [3.8, 4) is 34.1 Å². The van der Waals surface area contributed by atoms with E-state index in [2.05, 4.69) is 0 Å². The van der Waals surface area contributed by atoms with Crippen LogP contribution in [-0.2, 0) is 4.79 Å². The lowest BCUT2D eigenvalue weighted by Gasteiger charge is -2.14. The SMILES string of the molecule is COc1ccc(-c2coc3cc(OC)c(OC)c(OC(C)=O)c3c2=O)cc1. The Morgan fingerprint density at radius 3 is 2.22 bits per heavy atom. The first kappa shape index (κ1) is 18.3. The quantitative estimate of drug-likeness (QED) is 0.503. The lowest BCUT2D eigenvalue weighted by Crippen LogP contribution is -2.11. The number of methoxy groups -OCH3 is 3. The van der Waals surface area contributed by atoms with Gasteiger partial charge in [-0.2, -0.15) is 0 Å². The van der Waals surface area contributed by atoms with E-state index in [1.807, 2.05) is 0 Å². The molecule has 0 aliphatic carbocycles. The second kappa shape index (κ2) is 7.41. The van der Waals surface area contributed by atoms with Gasteiger partial charge in [0.15, 0.2) is 11.5 Å². The highest BCUT2D eigenvalue weighted by Gasteiger charge is 2.23. The van der Waals surface area contributed by atoms with Crippen molar-refractivity contribution in [2.24, 2.45) is 0 Å². The highest BCUT2D eigenvalue weighted by Crippen LogP contribution is 2.43. The van der Waals surface area contributed by atoms with E-state index in [4.69, 9.17) is 23.4 Å². The third kappa shape index (κ3) is 3.31. The fraction of sp³-hybridized carbons (Fsp3) is 0.200. The van der Waals surface area contributed by atoms with Crippen molar-refractivity contribution in [1.29, 1.82) is 0 Å². The van der Waals surface area contributed by atoms with E-state index in [1.165, 1.54) is 33.5 Å². The molecule has 7 nitrogen and oxygen atoms in total. The van der Waals surface area contributed by atoms with Gasteiger partial charge >= 0.3 is 5.97 Å². The molecule has 0 saturated heterocycles. The summed E-state index contributed by atoms with van der Waals surface area (Å²) in [5.41, 5.74) is 0.797. The molecule has 0 amide bonds. The summed E-state index contributed by atoms with van der Waals surface area (Å²) >= 11 is 0. The molecule has 0 aliphatic rings. The molecule has 7 heteroatoms. The fourth-order valence-corrected chi connectivity index (χ4v) is 2.77. The normalized spacial score (nSPS) is 10.5. The van der Waals surface area contributed by atoms with Crippen LogP contribution in [0.15, 0.2) is 45.8 Å². The van der Waals surface area contributed by atoms with Crippen molar-refractivity contribution in [3.63, 3.8) is 0 Å². The van der Waals surface area contributed by atoms with Gasteiger partial charge in [0.05, 0.1) is 26.9 Å². The first-order valence-electron chi connectivity index (χ1n) is 8.03. The number of carbonyl (C=O) groups is 1. The van der Waals surface area contributed by atoms with Gasteiger partial charge in [-0.15, -0.1) is 0 Å². The Morgan fingerprint density at radius 1 is 0.963 bits per heavy atom. The zero-order valence-corrected chi connectivity index (χ0v) is 15.3. The number of carbonyl (C=O) groups excluding carboxylic acids is 1. The zero-order chi connectivity index (χ0) is 19.6. The van der Waals surface area contributed by atoms with E-state index in [9.17, 15) is 9.59 Å². The van der Waals surface area contributed by atoms with Crippen LogP contribution in [0.5, 0.6) is 23.0 Å². The predicted octanol–water partition coefficient (Wildman–Crippen LogP) is 3.41. The van der Waals surface area contributed by atoms with Crippen molar-refractivity contribution >= 4 is 16.9 Å². The summed E-state index contributed by atoms with van der Waals surface area (Å²) in [6.45, 7) is 1.24. The Balaban J connectivity index is 2.32. The van der Waals surface area contributed by atoms with Crippen LogP contribution in [0.3, 0.4) is 0 Å². The largest absolute Gasteiger partial charge is 0.497 e. The van der Waals surface area contributed by atoms with E-state index < -0.39 is 5.97 Å². The van der Waals surface area contributed by atoms with Crippen LogP contribution in [0.4, 0.5) is 0 Å². The number of esters is 1. The summed E-state index contributed by atoms with van der Waals surface area (Å²) in [5, 5.41) is 0.0937. The van der Waals surface area contributed by atoms with Crippen LogP contribution in [0.2, 0.25) is 0 Å². The monoisotopic (exact) mass is 370 g/mol. The molecule has 1 aromatic heterocycles. The Bertz CT molecular complexity index is 1050. The minimum absolute atomic E-state index is 0.0385. The number of benzene rings is 2. The average Bonchev–Trinajstić information content (AvgIpc) is 2.67. The maximum atomic E-state index is 13.2. The molecule has 1 heterocycles. The Hall–Kier alpha value is -3.48. The summed E-state index contributed by atoms with van der Waals surface area (Å²) in [7, 11) is 4.39. The molecule has 0 N–H and O–H groups in total. The third-order valence-corrected chi connectivity index (χ3v) is 4.01. The highest BCUT2D eigenvalue weighted by atomic mass is 16.6. The lowest BCUT2D eigenvalue weighted by molar-refractivity contribution is -0.131. The molecule has 3 rings (SSSR count). The highest BCUT2D eigenvalue weighted by molar-refractivity contribution is 5.93. The number of rotatable bonds is 5. The van der Waals surface area contributed by atoms with E-state index in [0.29, 0.717) is 16.9 Å². The third-order valence-electron chi connectivity index (χ3n) is 4.01. The molecule has 0 fully saturated rings. The molecule has 27 heavy (non-hydrogen) atoms. The van der Waals surface area contributed by atoms with Crippen molar-refractivity contribution in [2.75, 3.05) is 21.3 Å². The number of fused-ring (bicyclic) bond motifs is 1. The smallest absolute Gasteiger partial charge is 0.308 e. The second-order valence-electron chi connectivity index (χ2n) is 5.61. The molecule has 2 aromatic carbocycles. The molecule has 0 aliphatic heterocycles. The topological polar surface area (TPSA) is 84.2 Å². The lowest BCUT2D eigenvalue weighted by atomic mass is 10.0. The molecule has 0 radical (unpaired) electrons. The minimum Gasteiger partial charge on any atom is -0.497 e. The van der Waals surface area contributed by atoms with Crippen molar-refractivity contribution < 1.29 is 28.2 Å². The Kier molecular flexibility index (Phi) is 5.03. The van der Waals surface area contributed by atoms with Gasteiger partial charge in [-0.1, -0.05) is 12.1 Å². The minimum atomic E-state index is -0.600. The van der Waals surface area contributed by atoms with Gasteiger partial charge in [-0.3, -0.25) is 9.59 Å². The maximum Gasteiger partial charge on any atom is 0.308 e. The zero-order valence-electron chi connectivity index (χ0n) is 15.3. The summed E-state index contributed by atoms with van der Waals surface area (Å²) < 4.78 is 26.6. The first-order valence-corrected chi connectivity index (χ1v) is 8.03. The van der Waals surface area contributed by atoms with Crippen molar-refractivity contribution in [3.05, 3.63) is 46.8 Å². The summed E-state index contributed by atoms with van der Waals surface area (Å²) in [4.78, 5) is 24.8. The molecular formula is C20H18O7. The predicted molar refractivity (Wildman–Crippen MR) is 98.9 cm³/mol. The first-order chi connectivity index (χ1) is 13.0. The van der Waals surface area contributed by atoms with E-state index in [0.717, 1.165) is 0 Å². The van der Waals surface area contributed by atoms with E-state index >= 15 is 0 Å². The van der Waals surface area contributed by atoms with Gasteiger partial charge in [-0.05, 0) is 17.7 Å². The summed E-state index contributed by atoms with van der Waals surface area (Å²) in [5.74, 6) is 0.442. The summed E-state index contributed by atoms with van der Waals surface area (Å²) in [6, 6.07) is 8.47. The fourth-order valence-electron chi connectivity index (χ4n) is 2.77. The second-order valence-corrected chi connectivity index (χ2v) is 5.61. The molecule has 3 aromatic rings. The standard InChI is InChI=1S/C20H18O7/c1-11(21)27-20-17-15(9-16(24-3)19(20)25-4)26-10-14(18(17)22)12-5-7-13(23-2)8-6-12/h5-10H,1-4H3. The van der Waals surface area contributed by atoms with Crippen molar-refractivity contribution in [2.45, 2.75) is 6.92 Å². The Labute approximate surface area is 155 Å². The van der Waals surface area contributed by atoms with Gasteiger partial charge in [0.1, 0.15) is 23.0 Å². The molecule has 140 valence electrons. The van der Waals surface area contributed by atoms with E-state index in [-0.39, 0.29) is 33.6 Å². The van der Waals surface area contributed by atoms with Gasteiger partial charge in [0.2, 0.25) is 11.2 Å². The van der Waals surface area contributed by atoms with Gasteiger partial charge in [-0.25, -0.2) is 0 Å². The molecule has 0 spiro atoms. The average molecular weight is 370 g/mol. The van der Waals surface area contributed by atoms with Crippen LogP contribution >= 0.6 is 0 Å². The number of hydrogen-bond acceptors (Lipinski definition) is 7. The van der Waals surface area contributed by atoms with Gasteiger partial charge < -0.3 is 23.4 Å². The van der Waals surface area contributed by atoms with Crippen LogP contribution in [-0.4, -0.2) is 27.3 Å². The van der Waals surface area contributed by atoms with Gasteiger partial charge in [0, 0.05) is 13.0 Å². The molecule has 0 bridgehead atoms. The van der Waals surface area contributed by atoms with Crippen LogP contribution < -0.4 is 24.4 Å². The van der Waals surface area contributed by atoms with Crippen LogP contribution in [0, 0.1) is 0 Å². The molecule has 0 atom stereocenters. The number of hydrogen-bond donors (Lipinski definition) is 0.